The van der Waals surface area contributed by atoms with E-state index in [0.717, 1.165) is 12.8 Å². The van der Waals surface area contributed by atoms with E-state index in [1.54, 1.807) is 4.68 Å². The molecule has 0 fully saturated rings. The van der Waals surface area contributed by atoms with E-state index in [4.69, 9.17) is 5.11 Å². The monoisotopic (exact) mass is 211 g/mol. The van der Waals surface area contributed by atoms with Crippen molar-refractivity contribution in [2.45, 2.75) is 46.1 Å². The lowest BCUT2D eigenvalue weighted by atomic mass is 10.2. The molecule has 0 aliphatic rings. The lowest BCUT2D eigenvalue weighted by molar-refractivity contribution is 0.0689. The van der Waals surface area contributed by atoms with E-state index in [2.05, 4.69) is 17.2 Å². The van der Waals surface area contributed by atoms with Crippen LogP contribution in [0.4, 0.5) is 0 Å². The highest BCUT2D eigenvalue weighted by atomic mass is 16.4. The molecule has 0 aliphatic heterocycles. The van der Waals surface area contributed by atoms with Crippen molar-refractivity contribution in [1.82, 2.24) is 15.0 Å². The molecule has 1 unspecified atom stereocenters. The van der Waals surface area contributed by atoms with Crippen LogP contribution in [0.3, 0.4) is 0 Å². The van der Waals surface area contributed by atoms with Crippen molar-refractivity contribution < 1.29 is 9.90 Å². The lowest BCUT2D eigenvalue weighted by Gasteiger charge is -2.12. The van der Waals surface area contributed by atoms with Crippen LogP contribution >= 0.6 is 0 Å². The summed E-state index contributed by atoms with van der Waals surface area (Å²) in [6.45, 7) is 6.04. The number of carboxylic acids is 1. The van der Waals surface area contributed by atoms with Crippen LogP contribution in [0.2, 0.25) is 0 Å². The van der Waals surface area contributed by atoms with Gasteiger partial charge in [0.1, 0.15) is 0 Å². The fraction of sp³-hybridized carbons (Fsp3) is 0.700. The first kappa shape index (κ1) is 11.7. The first-order valence-electron chi connectivity index (χ1n) is 5.29. The van der Waals surface area contributed by atoms with Crippen molar-refractivity contribution in [1.29, 1.82) is 0 Å². The predicted molar refractivity (Wildman–Crippen MR) is 56.0 cm³/mol. The molecule has 0 saturated heterocycles. The molecule has 1 aromatic rings. The van der Waals surface area contributed by atoms with E-state index >= 15 is 0 Å². The summed E-state index contributed by atoms with van der Waals surface area (Å²) in [5.74, 6) is -0.998. The predicted octanol–water partition coefficient (Wildman–Crippen LogP) is 1.90. The third-order valence-corrected chi connectivity index (χ3v) is 2.45. The van der Waals surface area contributed by atoms with Crippen molar-refractivity contribution in [3.63, 3.8) is 0 Å². The van der Waals surface area contributed by atoms with Gasteiger partial charge in [0, 0.05) is 0 Å². The molecule has 1 aromatic heterocycles. The van der Waals surface area contributed by atoms with Crippen molar-refractivity contribution >= 4 is 5.97 Å². The van der Waals surface area contributed by atoms with E-state index < -0.39 is 5.97 Å². The maximum Gasteiger partial charge on any atom is 0.358 e. The molecule has 5 heteroatoms. The average Bonchev–Trinajstić information content (AvgIpc) is 2.61. The molecule has 5 nitrogen and oxygen atoms in total. The Hall–Kier alpha value is -1.39. The fourth-order valence-corrected chi connectivity index (χ4v) is 1.70. The Balaban J connectivity index is 3.03. The summed E-state index contributed by atoms with van der Waals surface area (Å²) in [5.41, 5.74) is 0.795. The maximum atomic E-state index is 10.9. The lowest BCUT2D eigenvalue weighted by Crippen LogP contribution is -2.11. The first-order chi connectivity index (χ1) is 7.11. The molecule has 15 heavy (non-hydrogen) atoms. The molecule has 0 bridgehead atoms. The van der Waals surface area contributed by atoms with Gasteiger partial charge in [0.15, 0.2) is 5.69 Å². The number of nitrogens with zero attached hydrogens (tertiary/aromatic N) is 3. The van der Waals surface area contributed by atoms with E-state index in [1.807, 2.05) is 13.8 Å². The molecule has 0 saturated carbocycles. The molecular formula is C10H17N3O2. The number of aromatic carboxylic acids is 1. The number of carbonyl (C=O) groups is 1. The second-order valence-electron chi connectivity index (χ2n) is 3.63. The average molecular weight is 211 g/mol. The fourth-order valence-electron chi connectivity index (χ4n) is 1.70. The van der Waals surface area contributed by atoms with Gasteiger partial charge in [0.05, 0.1) is 11.7 Å². The van der Waals surface area contributed by atoms with Gasteiger partial charge in [-0.15, -0.1) is 5.10 Å². The van der Waals surface area contributed by atoms with Crippen LogP contribution in [0.25, 0.3) is 0 Å². The molecule has 0 radical (unpaired) electrons. The summed E-state index contributed by atoms with van der Waals surface area (Å²) in [6.07, 6.45) is 2.67. The van der Waals surface area contributed by atoms with Gasteiger partial charge in [-0.3, -0.25) is 0 Å². The second-order valence-corrected chi connectivity index (χ2v) is 3.63. The van der Waals surface area contributed by atoms with Crippen LogP contribution < -0.4 is 0 Å². The second kappa shape index (κ2) is 4.91. The topological polar surface area (TPSA) is 68.0 Å². The highest BCUT2D eigenvalue weighted by molar-refractivity contribution is 5.86. The van der Waals surface area contributed by atoms with Crippen LogP contribution in [0, 0.1) is 0 Å². The third-order valence-electron chi connectivity index (χ3n) is 2.45. The molecular weight excluding hydrogens is 194 g/mol. The van der Waals surface area contributed by atoms with E-state index in [0.29, 0.717) is 12.1 Å². The minimum absolute atomic E-state index is 0.0838. The molecule has 1 atom stereocenters. The van der Waals surface area contributed by atoms with Crippen LogP contribution in [-0.2, 0) is 6.42 Å². The molecule has 0 spiro atoms. The Labute approximate surface area is 89.1 Å². The largest absolute Gasteiger partial charge is 0.476 e. The highest BCUT2D eigenvalue weighted by Gasteiger charge is 2.19. The molecule has 1 heterocycles. The van der Waals surface area contributed by atoms with E-state index in [1.165, 1.54) is 0 Å². The quantitative estimate of drug-likeness (QED) is 0.807. The summed E-state index contributed by atoms with van der Waals surface area (Å²) in [7, 11) is 0. The molecule has 0 aromatic carbocycles. The molecule has 1 N–H and O–H groups in total. The Morgan fingerprint density at radius 3 is 2.67 bits per heavy atom. The zero-order chi connectivity index (χ0) is 11.4. The maximum absolute atomic E-state index is 10.9. The first-order valence-corrected chi connectivity index (χ1v) is 5.29. The minimum Gasteiger partial charge on any atom is -0.476 e. The standard InChI is InChI=1S/C10H17N3O2/c1-4-6-7(3)13-8(5-2)9(10(14)15)11-12-13/h7H,4-6H2,1-3H3,(H,14,15). The Kier molecular flexibility index (Phi) is 3.82. The van der Waals surface area contributed by atoms with Gasteiger partial charge in [0.2, 0.25) is 0 Å². The Morgan fingerprint density at radius 1 is 1.53 bits per heavy atom. The van der Waals surface area contributed by atoms with E-state index in [9.17, 15) is 4.79 Å². The van der Waals surface area contributed by atoms with Gasteiger partial charge in [-0.05, 0) is 19.8 Å². The number of aromatic nitrogens is 3. The van der Waals surface area contributed by atoms with Gasteiger partial charge in [-0.25, -0.2) is 9.48 Å². The van der Waals surface area contributed by atoms with Crippen molar-refractivity contribution in [2.24, 2.45) is 0 Å². The van der Waals surface area contributed by atoms with Gasteiger partial charge in [-0.1, -0.05) is 25.5 Å². The van der Waals surface area contributed by atoms with Gasteiger partial charge >= 0.3 is 5.97 Å². The zero-order valence-corrected chi connectivity index (χ0v) is 9.40. The molecule has 1 rings (SSSR count). The van der Waals surface area contributed by atoms with Crippen LogP contribution in [0.15, 0.2) is 0 Å². The van der Waals surface area contributed by atoms with E-state index in [-0.39, 0.29) is 11.7 Å². The van der Waals surface area contributed by atoms with Crippen LogP contribution in [0.5, 0.6) is 0 Å². The van der Waals surface area contributed by atoms with Crippen LogP contribution in [0.1, 0.15) is 55.8 Å². The normalized spacial score (nSPS) is 12.7. The number of hydrogen-bond donors (Lipinski definition) is 1. The number of hydrogen-bond acceptors (Lipinski definition) is 3. The summed E-state index contributed by atoms with van der Waals surface area (Å²) < 4.78 is 1.73. The number of rotatable bonds is 5. The van der Waals surface area contributed by atoms with Gasteiger partial charge < -0.3 is 5.11 Å². The summed E-state index contributed by atoms with van der Waals surface area (Å²) in [5, 5.41) is 16.5. The Bertz CT molecular complexity index is 346. The van der Waals surface area contributed by atoms with Crippen LogP contribution in [-0.4, -0.2) is 26.1 Å². The summed E-state index contributed by atoms with van der Waals surface area (Å²) in [4.78, 5) is 10.9. The van der Waals surface area contributed by atoms with Crippen molar-refractivity contribution in [3.05, 3.63) is 11.4 Å². The van der Waals surface area contributed by atoms with Crippen molar-refractivity contribution in [3.8, 4) is 0 Å². The smallest absolute Gasteiger partial charge is 0.358 e. The zero-order valence-electron chi connectivity index (χ0n) is 9.40. The Morgan fingerprint density at radius 2 is 2.20 bits per heavy atom. The highest BCUT2D eigenvalue weighted by Crippen LogP contribution is 2.16. The summed E-state index contributed by atoms with van der Waals surface area (Å²) in [6, 6.07) is 0.213. The third kappa shape index (κ3) is 2.34. The van der Waals surface area contributed by atoms with Gasteiger partial charge in [-0.2, -0.15) is 0 Å². The molecule has 0 amide bonds. The van der Waals surface area contributed by atoms with Gasteiger partial charge in [0.25, 0.3) is 0 Å². The SMILES string of the molecule is CCCC(C)n1nnc(C(=O)O)c1CC. The summed E-state index contributed by atoms with van der Waals surface area (Å²) >= 11 is 0. The number of carboxylic acid groups (broad SMARTS) is 1. The van der Waals surface area contributed by atoms with Crippen molar-refractivity contribution in [2.75, 3.05) is 0 Å². The minimum atomic E-state index is -0.998. The molecule has 0 aliphatic carbocycles. The molecule has 84 valence electrons.